The van der Waals surface area contributed by atoms with Gasteiger partial charge in [-0.05, 0) is 37.1 Å². The Morgan fingerprint density at radius 3 is 2.54 bits per heavy atom. The lowest BCUT2D eigenvalue weighted by atomic mass is 10.1. The normalized spacial score (nSPS) is 10.4. The summed E-state index contributed by atoms with van der Waals surface area (Å²) in [6.07, 6.45) is 2.58. The molecule has 7 nitrogen and oxygen atoms in total. The number of amides is 1. The number of nitrogens with zero attached hydrogens (tertiary/aromatic N) is 1. The summed E-state index contributed by atoms with van der Waals surface area (Å²) in [6.45, 7) is 6.34. The van der Waals surface area contributed by atoms with Crippen LogP contribution in [0.5, 0.6) is 17.4 Å². The predicted molar refractivity (Wildman–Crippen MR) is 106 cm³/mol. The largest absolute Gasteiger partial charge is 0.490 e. The Hall–Kier alpha value is -2.80. The maximum absolute atomic E-state index is 12.5. The standard InChI is InChI=1S/C21H28N2O5/c1-4-10-27-18-8-7-17(13-19(18)26-5-2)21(24)23-15-16-6-9-20(22-14-16)28-12-11-25-3/h6-9,13-14H,4-5,10-12,15H2,1-3H3,(H,23,24). The third-order valence-corrected chi connectivity index (χ3v) is 3.76. The molecule has 0 aliphatic heterocycles. The fraction of sp³-hybridized carbons (Fsp3) is 0.429. The number of carbonyl (C=O) groups excluding carboxylic acids is 1. The third-order valence-electron chi connectivity index (χ3n) is 3.76. The number of methoxy groups -OCH3 is 1. The van der Waals surface area contributed by atoms with Crippen LogP contribution in [0.15, 0.2) is 36.5 Å². The molecule has 0 saturated carbocycles. The van der Waals surface area contributed by atoms with E-state index in [9.17, 15) is 4.79 Å². The molecule has 0 radical (unpaired) electrons. The molecule has 0 aliphatic carbocycles. The molecule has 0 unspecified atom stereocenters. The Kier molecular flexibility index (Phi) is 9.07. The molecule has 1 aromatic heterocycles. The third kappa shape index (κ3) is 6.74. The fourth-order valence-electron chi connectivity index (χ4n) is 2.36. The lowest BCUT2D eigenvalue weighted by molar-refractivity contribution is 0.0950. The van der Waals surface area contributed by atoms with Crippen molar-refractivity contribution in [3.8, 4) is 17.4 Å². The van der Waals surface area contributed by atoms with E-state index in [-0.39, 0.29) is 5.91 Å². The van der Waals surface area contributed by atoms with Crippen molar-refractivity contribution in [2.45, 2.75) is 26.8 Å². The first-order valence-electron chi connectivity index (χ1n) is 9.42. The highest BCUT2D eigenvalue weighted by atomic mass is 16.5. The van der Waals surface area contributed by atoms with Crippen molar-refractivity contribution in [1.82, 2.24) is 10.3 Å². The summed E-state index contributed by atoms with van der Waals surface area (Å²) in [5.74, 6) is 1.55. The predicted octanol–water partition coefficient (Wildman–Crippen LogP) is 3.22. The Balaban J connectivity index is 1.93. The van der Waals surface area contributed by atoms with Gasteiger partial charge in [0.15, 0.2) is 11.5 Å². The summed E-state index contributed by atoms with van der Waals surface area (Å²) < 4.78 is 21.6. The highest BCUT2D eigenvalue weighted by molar-refractivity contribution is 5.94. The SMILES string of the molecule is CCCOc1ccc(C(=O)NCc2ccc(OCCOC)nc2)cc1OCC. The van der Waals surface area contributed by atoms with Crippen LogP contribution in [0.2, 0.25) is 0 Å². The molecule has 0 atom stereocenters. The molecule has 7 heteroatoms. The van der Waals surface area contributed by atoms with E-state index in [2.05, 4.69) is 10.3 Å². The number of benzene rings is 1. The highest BCUT2D eigenvalue weighted by Gasteiger charge is 2.12. The lowest BCUT2D eigenvalue weighted by Gasteiger charge is -2.13. The lowest BCUT2D eigenvalue weighted by Crippen LogP contribution is -2.23. The molecule has 0 saturated heterocycles. The fourth-order valence-corrected chi connectivity index (χ4v) is 2.36. The summed E-state index contributed by atoms with van der Waals surface area (Å²) in [7, 11) is 1.62. The van der Waals surface area contributed by atoms with Crippen molar-refractivity contribution in [3.05, 3.63) is 47.7 Å². The Labute approximate surface area is 166 Å². The van der Waals surface area contributed by atoms with Gasteiger partial charge in [-0.2, -0.15) is 0 Å². The van der Waals surface area contributed by atoms with Crippen molar-refractivity contribution >= 4 is 5.91 Å². The van der Waals surface area contributed by atoms with Crippen LogP contribution in [-0.2, 0) is 11.3 Å². The van der Waals surface area contributed by atoms with Gasteiger partial charge in [-0.1, -0.05) is 13.0 Å². The van der Waals surface area contributed by atoms with E-state index in [4.69, 9.17) is 18.9 Å². The smallest absolute Gasteiger partial charge is 0.251 e. The molecule has 1 heterocycles. The minimum atomic E-state index is -0.191. The van der Waals surface area contributed by atoms with Crippen LogP contribution >= 0.6 is 0 Å². The minimum Gasteiger partial charge on any atom is -0.490 e. The Morgan fingerprint density at radius 2 is 1.86 bits per heavy atom. The van der Waals surface area contributed by atoms with Crippen molar-refractivity contribution in [3.63, 3.8) is 0 Å². The first-order chi connectivity index (χ1) is 13.7. The van der Waals surface area contributed by atoms with E-state index >= 15 is 0 Å². The van der Waals surface area contributed by atoms with Gasteiger partial charge in [-0.15, -0.1) is 0 Å². The minimum absolute atomic E-state index is 0.191. The van der Waals surface area contributed by atoms with Gasteiger partial charge in [0.05, 0.1) is 19.8 Å². The van der Waals surface area contributed by atoms with E-state index < -0.39 is 0 Å². The van der Waals surface area contributed by atoms with E-state index in [0.717, 1.165) is 12.0 Å². The van der Waals surface area contributed by atoms with Gasteiger partial charge in [-0.3, -0.25) is 4.79 Å². The van der Waals surface area contributed by atoms with Gasteiger partial charge in [0.1, 0.15) is 6.61 Å². The molecular formula is C21H28N2O5. The zero-order valence-electron chi connectivity index (χ0n) is 16.7. The van der Waals surface area contributed by atoms with Crippen molar-refractivity contribution in [2.24, 2.45) is 0 Å². The molecule has 0 fully saturated rings. The summed E-state index contributed by atoms with van der Waals surface area (Å²) >= 11 is 0. The van der Waals surface area contributed by atoms with Gasteiger partial charge in [-0.25, -0.2) is 4.98 Å². The second-order valence-electron chi connectivity index (χ2n) is 5.97. The van der Waals surface area contributed by atoms with Gasteiger partial charge >= 0.3 is 0 Å². The molecule has 0 spiro atoms. The number of aromatic nitrogens is 1. The summed E-state index contributed by atoms with van der Waals surface area (Å²) in [6, 6.07) is 8.83. The van der Waals surface area contributed by atoms with Gasteiger partial charge in [0.25, 0.3) is 5.91 Å². The first-order valence-corrected chi connectivity index (χ1v) is 9.42. The highest BCUT2D eigenvalue weighted by Crippen LogP contribution is 2.28. The molecular weight excluding hydrogens is 360 g/mol. The van der Waals surface area contributed by atoms with Crippen molar-refractivity contribution in [2.75, 3.05) is 33.5 Å². The second-order valence-corrected chi connectivity index (χ2v) is 5.97. The molecule has 28 heavy (non-hydrogen) atoms. The molecule has 152 valence electrons. The number of carbonyl (C=O) groups is 1. The molecule has 1 N–H and O–H groups in total. The zero-order chi connectivity index (χ0) is 20.2. The maximum Gasteiger partial charge on any atom is 0.251 e. The van der Waals surface area contributed by atoms with Crippen LogP contribution in [0.3, 0.4) is 0 Å². The van der Waals surface area contributed by atoms with Crippen LogP contribution in [0, 0.1) is 0 Å². The number of hydrogen-bond donors (Lipinski definition) is 1. The van der Waals surface area contributed by atoms with Crippen molar-refractivity contribution in [1.29, 1.82) is 0 Å². The van der Waals surface area contributed by atoms with E-state index in [0.29, 0.717) is 55.9 Å². The van der Waals surface area contributed by atoms with Gasteiger partial charge in [0.2, 0.25) is 5.88 Å². The summed E-state index contributed by atoms with van der Waals surface area (Å²) in [5.41, 5.74) is 1.39. The molecule has 0 bridgehead atoms. The molecule has 1 aromatic carbocycles. The average molecular weight is 388 g/mol. The Bertz CT molecular complexity index is 734. The number of rotatable bonds is 12. The van der Waals surface area contributed by atoms with Crippen LogP contribution in [0.4, 0.5) is 0 Å². The van der Waals surface area contributed by atoms with Crippen LogP contribution in [0.25, 0.3) is 0 Å². The second kappa shape index (κ2) is 11.8. The van der Waals surface area contributed by atoms with Crippen LogP contribution in [-0.4, -0.2) is 44.4 Å². The number of pyridine rings is 1. The van der Waals surface area contributed by atoms with E-state index in [1.807, 2.05) is 19.9 Å². The number of nitrogens with one attached hydrogen (secondary N) is 1. The molecule has 0 aliphatic rings. The zero-order valence-corrected chi connectivity index (χ0v) is 16.7. The molecule has 2 aromatic rings. The van der Waals surface area contributed by atoms with Gasteiger partial charge < -0.3 is 24.3 Å². The van der Waals surface area contributed by atoms with Crippen LogP contribution < -0.4 is 19.5 Å². The number of ether oxygens (including phenoxy) is 4. The summed E-state index contributed by atoms with van der Waals surface area (Å²) in [5, 5.41) is 2.88. The van der Waals surface area contributed by atoms with Crippen molar-refractivity contribution < 1.29 is 23.7 Å². The molecule has 1 amide bonds. The van der Waals surface area contributed by atoms with E-state index in [1.54, 1.807) is 37.6 Å². The topological polar surface area (TPSA) is 78.9 Å². The van der Waals surface area contributed by atoms with Gasteiger partial charge in [0, 0.05) is 31.5 Å². The quantitative estimate of drug-likeness (QED) is 0.563. The molecule has 2 rings (SSSR count). The maximum atomic E-state index is 12.5. The monoisotopic (exact) mass is 388 g/mol. The van der Waals surface area contributed by atoms with E-state index in [1.165, 1.54) is 0 Å². The first kappa shape index (κ1) is 21.5. The number of hydrogen-bond acceptors (Lipinski definition) is 6. The van der Waals surface area contributed by atoms with Crippen LogP contribution in [0.1, 0.15) is 36.2 Å². The summed E-state index contributed by atoms with van der Waals surface area (Å²) in [4.78, 5) is 16.7. The Morgan fingerprint density at radius 1 is 1.00 bits per heavy atom. The average Bonchev–Trinajstić information content (AvgIpc) is 2.72.